The van der Waals surface area contributed by atoms with E-state index < -0.39 is 16.9 Å². The minimum atomic E-state index is -3.68. The molecule has 3 aliphatic rings. The van der Waals surface area contributed by atoms with E-state index in [9.17, 15) is 17.2 Å². The molecule has 37 heavy (non-hydrogen) atoms. The maximum Gasteiger partial charge on any atom is 0.279 e. The molecule has 0 spiro atoms. The predicted molar refractivity (Wildman–Crippen MR) is 137 cm³/mol. The molecule has 2 aliphatic heterocycles. The van der Waals surface area contributed by atoms with Gasteiger partial charge >= 0.3 is 0 Å². The molecule has 2 atom stereocenters. The van der Waals surface area contributed by atoms with Crippen molar-refractivity contribution in [2.45, 2.75) is 50.2 Å². The summed E-state index contributed by atoms with van der Waals surface area (Å²) in [5.41, 5.74) is 1.04. The highest BCUT2D eigenvalue weighted by Gasteiger charge is 2.40. The van der Waals surface area contributed by atoms with Gasteiger partial charge in [-0.3, -0.25) is 4.39 Å². The van der Waals surface area contributed by atoms with Gasteiger partial charge in [0.2, 0.25) is 0 Å². The Labute approximate surface area is 217 Å². The summed E-state index contributed by atoms with van der Waals surface area (Å²) < 4.78 is 62.9. The molecular formula is C26H35F2N5O3S. The summed E-state index contributed by atoms with van der Waals surface area (Å²) in [6, 6.07) is 10.3. The average Bonchev–Trinajstić information content (AvgIpc) is 2.88. The van der Waals surface area contributed by atoms with Crippen molar-refractivity contribution in [3.8, 4) is 0 Å². The van der Waals surface area contributed by atoms with Crippen molar-refractivity contribution in [3.63, 3.8) is 0 Å². The monoisotopic (exact) mass is 535 g/mol. The summed E-state index contributed by atoms with van der Waals surface area (Å²) in [6.45, 7) is 1.61. The molecule has 2 unspecified atom stereocenters. The van der Waals surface area contributed by atoms with Gasteiger partial charge in [-0.2, -0.15) is 22.5 Å². The lowest BCUT2D eigenvalue weighted by atomic mass is 9.82. The quantitative estimate of drug-likeness (QED) is 0.530. The highest BCUT2D eigenvalue weighted by molar-refractivity contribution is 7.87. The van der Waals surface area contributed by atoms with Gasteiger partial charge < -0.3 is 9.64 Å². The van der Waals surface area contributed by atoms with Crippen LogP contribution in [0.1, 0.15) is 43.6 Å². The second kappa shape index (κ2) is 11.7. The number of benzene rings is 1. The lowest BCUT2D eigenvalue weighted by Crippen LogP contribution is -2.59. The zero-order valence-electron chi connectivity index (χ0n) is 20.9. The molecule has 8 nitrogen and oxygen atoms in total. The van der Waals surface area contributed by atoms with Gasteiger partial charge in [-0.1, -0.05) is 12.1 Å². The molecule has 1 aromatic heterocycles. The first-order valence-corrected chi connectivity index (χ1v) is 14.6. The molecule has 1 saturated carbocycles. The highest BCUT2D eigenvalue weighted by atomic mass is 32.2. The number of alkyl halides is 1. The van der Waals surface area contributed by atoms with Crippen molar-refractivity contribution in [3.05, 3.63) is 54.0 Å². The van der Waals surface area contributed by atoms with Crippen molar-refractivity contribution in [2.75, 3.05) is 44.4 Å². The fourth-order valence-electron chi connectivity index (χ4n) is 5.69. The second-order valence-corrected chi connectivity index (χ2v) is 12.2. The Morgan fingerprint density at radius 2 is 1.86 bits per heavy atom. The second-order valence-electron chi connectivity index (χ2n) is 10.5. The van der Waals surface area contributed by atoms with Crippen LogP contribution in [0, 0.1) is 17.7 Å². The number of ether oxygens (including phenoxy) is 1. The van der Waals surface area contributed by atoms with Crippen LogP contribution in [0.25, 0.3) is 0 Å². The van der Waals surface area contributed by atoms with Gasteiger partial charge in [0.15, 0.2) is 5.82 Å². The number of anilines is 1. The van der Waals surface area contributed by atoms with E-state index in [1.807, 2.05) is 18.2 Å². The fraction of sp³-hybridized carbons (Fsp3) is 0.615. The first kappa shape index (κ1) is 26.4. The Morgan fingerprint density at radius 3 is 2.57 bits per heavy atom. The summed E-state index contributed by atoms with van der Waals surface area (Å²) in [7, 11) is -3.68. The van der Waals surface area contributed by atoms with Crippen molar-refractivity contribution in [1.29, 1.82) is 0 Å². The van der Waals surface area contributed by atoms with E-state index in [0.29, 0.717) is 32.0 Å². The molecule has 2 saturated heterocycles. The number of nitrogens with zero attached hydrogens (tertiary/aromatic N) is 4. The van der Waals surface area contributed by atoms with Crippen LogP contribution in [0.3, 0.4) is 0 Å². The molecule has 1 N–H and O–H groups in total. The van der Waals surface area contributed by atoms with Gasteiger partial charge in [-0.25, -0.2) is 4.39 Å². The number of rotatable bonds is 9. The zero-order chi connectivity index (χ0) is 25.8. The van der Waals surface area contributed by atoms with Gasteiger partial charge in [-0.15, -0.1) is 5.10 Å². The Bertz CT molecular complexity index is 1130. The van der Waals surface area contributed by atoms with Crippen LogP contribution >= 0.6 is 0 Å². The molecule has 202 valence electrons. The maximum absolute atomic E-state index is 13.6. The normalized spacial score (nSPS) is 27.7. The molecule has 1 aliphatic carbocycles. The molecule has 2 aromatic rings. The van der Waals surface area contributed by atoms with Crippen LogP contribution in [0.2, 0.25) is 0 Å². The number of piperidine rings is 1. The third kappa shape index (κ3) is 6.45. The SMILES string of the molecule is O=S(=O)(NC1CCN(c2cccnn2)CC1COC1CCC(c2cccc(F)c2)CC1)N1CC(CF)C1. The van der Waals surface area contributed by atoms with Crippen molar-refractivity contribution in [1.82, 2.24) is 19.2 Å². The molecule has 0 bridgehead atoms. The Hall–Kier alpha value is -2.21. The summed E-state index contributed by atoms with van der Waals surface area (Å²) in [5.74, 6) is 0.605. The maximum atomic E-state index is 13.6. The Balaban J connectivity index is 1.20. The van der Waals surface area contributed by atoms with E-state index >= 15 is 0 Å². The molecule has 0 amide bonds. The number of halogens is 2. The minimum absolute atomic E-state index is 0.0790. The van der Waals surface area contributed by atoms with Crippen molar-refractivity contribution in [2.24, 2.45) is 11.8 Å². The third-order valence-electron chi connectivity index (χ3n) is 7.94. The van der Waals surface area contributed by atoms with E-state index in [0.717, 1.165) is 37.1 Å². The molecule has 5 rings (SSSR count). The predicted octanol–water partition coefficient (Wildman–Crippen LogP) is 3.29. The van der Waals surface area contributed by atoms with Crippen LogP contribution in [0.15, 0.2) is 42.6 Å². The lowest BCUT2D eigenvalue weighted by molar-refractivity contribution is -0.00237. The standard InChI is InChI=1S/C26H35F2N5O3S/c27-14-19-15-33(16-19)37(34,35)31-25-10-12-32(26-5-2-11-29-30-26)17-22(25)18-36-24-8-6-20(7-9-24)21-3-1-4-23(28)13-21/h1-5,11,13,19-20,22,24-25,31H,6-10,12,14-18H2. The summed E-state index contributed by atoms with van der Waals surface area (Å²) in [5, 5.41) is 8.21. The molecule has 3 fully saturated rings. The smallest absolute Gasteiger partial charge is 0.279 e. The first-order valence-electron chi connectivity index (χ1n) is 13.1. The Morgan fingerprint density at radius 1 is 1.05 bits per heavy atom. The van der Waals surface area contributed by atoms with Gasteiger partial charge in [0, 0.05) is 50.3 Å². The molecule has 1 aromatic carbocycles. The van der Waals surface area contributed by atoms with E-state index in [2.05, 4.69) is 19.8 Å². The highest BCUT2D eigenvalue weighted by Crippen LogP contribution is 2.35. The Kier molecular flexibility index (Phi) is 8.33. The summed E-state index contributed by atoms with van der Waals surface area (Å²) in [6.07, 6.45) is 5.97. The topological polar surface area (TPSA) is 87.7 Å². The number of hydrogen-bond donors (Lipinski definition) is 1. The average molecular weight is 536 g/mol. The lowest BCUT2D eigenvalue weighted by Gasteiger charge is -2.42. The number of aromatic nitrogens is 2. The van der Waals surface area contributed by atoms with Crippen LogP contribution in [-0.2, 0) is 14.9 Å². The third-order valence-corrected chi connectivity index (χ3v) is 9.52. The van der Waals surface area contributed by atoms with Crippen LogP contribution < -0.4 is 9.62 Å². The van der Waals surface area contributed by atoms with Crippen LogP contribution in [0.4, 0.5) is 14.6 Å². The zero-order valence-corrected chi connectivity index (χ0v) is 21.7. The van der Waals surface area contributed by atoms with Crippen molar-refractivity contribution < 1.29 is 21.9 Å². The van der Waals surface area contributed by atoms with E-state index in [-0.39, 0.29) is 42.9 Å². The van der Waals surface area contributed by atoms with Crippen molar-refractivity contribution >= 4 is 16.0 Å². The fourth-order valence-corrected chi connectivity index (χ4v) is 7.35. The molecule has 3 heterocycles. The largest absolute Gasteiger partial charge is 0.378 e. The van der Waals surface area contributed by atoms with Gasteiger partial charge in [-0.05, 0) is 67.9 Å². The van der Waals surface area contributed by atoms with E-state index in [4.69, 9.17) is 4.74 Å². The molecule has 11 heteroatoms. The molecule has 0 radical (unpaired) electrons. The summed E-state index contributed by atoms with van der Waals surface area (Å²) in [4.78, 5) is 2.12. The summed E-state index contributed by atoms with van der Waals surface area (Å²) >= 11 is 0. The van der Waals surface area contributed by atoms with Crippen LogP contribution in [-0.4, -0.2) is 74.5 Å². The van der Waals surface area contributed by atoms with E-state index in [1.165, 1.54) is 10.4 Å². The van der Waals surface area contributed by atoms with E-state index in [1.54, 1.807) is 18.3 Å². The van der Waals surface area contributed by atoms with Gasteiger partial charge in [0.25, 0.3) is 10.2 Å². The van der Waals surface area contributed by atoms with Crippen LogP contribution in [0.5, 0.6) is 0 Å². The molecular weight excluding hydrogens is 500 g/mol. The minimum Gasteiger partial charge on any atom is -0.378 e. The number of hydrogen-bond acceptors (Lipinski definition) is 6. The van der Waals surface area contributed by atoms with Gasteiger partial charge in [0.05, 0.1) is 19.4 Å². The number of nitrogens with one attached hydrogen (secondary N) is 1. The van der Waals surface area contributed by atoms with Gasteiger partial charge in [0.1, 0.15) is 5.82 Å². The first-order chi connectivity index (χ1) is 17.9.